The quantitative estimate of drug-likeness (QED) is 0.422. The molecule has 36 heavy (non-hydrogen) atoms. The third-order valence-electron chi connectivity index (χ3n) is 5.05. The van der Waals surface area contributed by atoms with Crippen molar-refractivity contribution in [2.75, 3.05) is 19.0 Å². The Morgan fingerprint density at radius 3 is 2.36 bits per heavy atom. The summed E-state index contributed by atoms with van der Waals surface area (Å²) in [5.41, 5.74) is 3.04. The lowest BCUT2D eigenvalue weighted by Crippen LogP contribution is -2.40. The van der Waals surface area contributed by atoms with E-state index in [1.165, 1.54) is 13.2 Å². The Morgan fingerprint density at radius 2 is 1.72 bits per heavy atom. The van der Waals surface area contributed by atoms with E-state index in [2.05, 4.69) is 16.1 Å². The fourth-order valence-electron chi connectivity index (χ4n) is 3.62. The number of sulfonamides is 1. The van der Waals surface area contributed by atoms with Crippen LogP contribution in [0.4, 0.5) is 5.69 Å². The van der Waals surface area contributed by atoms with Gasteiger partial charge in [-0.2, -0.15) is 5.26 Å². The Balaban J connectivity index is 1.83. The minimum Gasteiger partial charge on any atom is -0.380 e. The first-order chi connectivity index (χ1) is 17.0. The molecule has 2 N–H and O–H groups in total. The van der Waals surface area contributed by atoms with Gasteiger partial charge in [-0.15, -0.1) is 0 Å². The number of carbonyl (C=O) groups excluding carboxylic acids is 1. The number of hydrogen-bond donors (Lipinski definition) is 2. The van der Waals surface area contributed by atoms with Crippen molar-refractivity contribution in [1.29, 1.82) is 5.26 Å². The Labute approximate surface area is 212 Å². The number of benzene rings is 3. The van der Waals surface area contributed by atoms with Gasteiger partial charge < -0.3 is 10.1 Å². The number of methoxy groups -OCH3 is 1. The van der Waals surface area contributed by atoms with Gasteiger partial charge in [-0.25, -0.2) is 13.1 Å². The van der Waals surface area contributed by atoms with Crippen LogP contribution in [0.2, 0.25) is 0 Å². The maximum absolute atomic E-state index is 13.0. The topological polar surface area (TPSA) is 108 Å². The van der Waals surface area contributed by atoms with Gasteiger partial charge in [-0.3, -0.25) is 4.79 Å². The van der Waals surface area contributed by atoms with Crippen LogP contribution in [0.25, 0.3) is 16.7 Å². The number of amides is 1. The number of rotatable bonds is 8. The molecule has 0 unspecified atom stereocenters. The summed E-state index contributed by atoms with van der Waals surface area (Å²) in [6.45, 7) is 5.57. The van der Waals surface area contributed by atoms with Gasteiger partial charge in [0, 0.05) is 30.0 Å². The number of nitrogens with zero attached hydrogens (tertiary/aromatic N) is 1. The van der Waals surface area contributed by atoms with Gasteiger partial charge in [0.05, 0.1) is 23.1 Å². The van der Waals surface area contributed by atoms with Crippen LogP contribution in [-0.4, -0.2) is 33.6 Å². The number of nitrogens with one attached hydrogen (secondary N) is 2. The molecule has 0 heterocycles. The van der Waals surface area contributed by atoms with Crippen LogP contribution >= 0.6 is 0 Å². The molecule has 3 aromatic rings. The Bertz CT molecular complexity index is 1410. The molecule has 0 aliphatic carbocycles. The molecule has 0 fully saturated rings. The summed E-state index contributed by atoms with van der Waals surface area (Å²) in [6, 6.07) is 22.8. The number of hydrogen-bond acceptors (Lipinski definition) is 5. The van der Waals surface area contributed by atoms with Crippen LogP contribution in [-0.2, 0) is 19.6 Å². The molecule has 0 aliphatic heterocycles. The summed E-state index contributed by atoms with van der Waals surface area (Å²) in [4.78, 5) is 12.9. The van der Waals surface area contributed by atoms with Crippen molar-refractivity contribution in [2.24, 2.45) is 0 Å². The van der Waals surface area contributed by atoms with Crippen molar-refractivity contribution in [1.82, 2.24) is 4.72 Å². The molecule has 1 amide bonds. The van der Waals surface area contributed by atoms with E-state index in [1.807, 2.05) is 6.07 Å². The largest absolute Gasteiger partial charge is 0.380 e. The molecule has 3 rings (SSSR count). The zero-order chi connectivity index (χ0) is 26.3. The lowest BCUT2D eigenvalue weighted by atomic mass is 10.0. The first-order valence-electron chi connectivity index (χ1n) is 11.3. The van der Waals surface area contributed by atoms with E-state index in [4.69, 9.17) is 10.00 Å². The van der Waals surface area contributed by atoms with Crippen molar-refractivity contribution in [2.45, 2.75) is 31.2 Å². The first kappa shape index (κ1) is 26.8. The van der Waals surface area contributed by atoms with E-state index in [-0.39, 0.29) is 17.4 Å². The summed E-state index contributed by atoms with van der Waals surface area (Å²) in [5.74, 6) is -0.352. The number of nitriles is 1. The molecule has 0 aromatic heterocycles. The van der Waals surface area contributed by atoms with Gasteiger partial charge in [-0.05, 0) is 67.8 Å². The minimum absolute atomic E-state index is 0.184. The van der Waals surface area contributed by atoms with Crippen LogP contribution in [0, 0.1) is 11.3 Å². The second-order valence-corrected chi connectivity index (χ2v) is 10.9. The number of carbonyl (C=O) groups is 1. The fourth-order valence-corrected chi connectivity index (χ4v) is 5.27. The second kappa shape index (κ2) is 11.3. The van der Waals surface area contributed by atoms with Crippen molar-refractivity contribution in [3.63, 3.8) is 0 Å². The van der Waals surface area contributed by atoms with Crippen LogP contribution in [0.5, 0.6) is 0 Å². The minimum atomic E-state index is -3.74. The predicted octanol–water partition coefficient (Wildman–Crippen LogP) is 4.97. The fraction of sp³-hybridized carbons (Fsp3) is 0.214. The van der Waals surface area contributed by atoms with E-state index in [1.54, 1.807) is 87.5 Å². The van der Waals surface area contributed by atoms with Gasteiger partial charge in [-0.1, -0.05) is 42.5 Å². The molecule has 8 heteroatoms. The molecule has 3 aromatic carbocycles. The summed E-state index contributed by atoms with van der Waals surface area (Å²) in [5, 5.41) is 12.0. The molecule has 186 valence electrons. The average molecular weight is 504 g/mol. The highest BCUT2D eigenvalue weighted by Gasteiger charge is 2.24. The lowest BCUT2D eigenvalue weighted by molar-refractivity contribution is -0.111. The standard InChI is InChI=1S/C28H29N3O4S/c1-28(2,3)31-36(33,34)26-11-6-5-10-25(26)21-12-14-24(15-13-21)30-27(32)17-23(19-35-4)22-9-7-8-20(16-22)18-29/h5-17,31H,19H2,1-4H3,(H,30,32). The maximum atomic E-state index is 13.0. The highest BCUT2D eigenvalue weighted by Crippen LogP contribution is 2.29. The van der Waals surface area contributed by atoms with Crippen LogP contribution < -0.4 is 10.0 Å². The smallest absolute Gasteiger partial charge is 0.248 e. The van der Waals surface area contributed by atoms with Crippen molar-refractivity contribution >= 4 is 27.2 Å². The molecule has 0 saturated carbocycles. The second-order valence-electron chi connectivity index (χ2n) is 9.21. The van der Waals surface area contributed by atoms with Crippen LogP contribution in [0.15, 0.2) is 83.8 Å². The van der Waals surface area contributed by atoms with Gasteiger partial charge in [0.15, 0.2) is 0 Å². The third kappa shape index (κ3) is 7.12. The van der Waals surface area contributed by atoms with Crippen molar-refractivity contribution in [3.8, 4) is 17.2 Å². The van der Waals surface area contributed by atoms with Gasteiger partial charge in [0.2, 0.25) is 15.9 Å². The molecular formula is C28H29N3O4S. The van der Waals surface area contributed by atoms with Crippen molar-refractivity contribution in [3.05, 3.63) is 90.0 Å². The highest BCUT2D eigenvalue weighted by molar-refractivity contribution is 7.89. The molecule has 0 spiro atoms. The van der Waals surface area contributed by atoms with Crippen molar-refractivity contribution < 1.29 is 17.9 Å². The SMILES string of the molecule is COCC(=CC(=O)Nc1ccc(-c2ccccc2S(=O)(=O)NC(C)(C)C)cc1)c1cccc(C#N)c1. The normalized spacial score (nSPS) is 12.1. The molecule has 0 atom stereocenters. The molecule has 0 radical (unpaired) electrons. The van der Waals surface area contributed by atoms with E-state index in [9.17, 15) is 13.2 Å². The van der Waals surface area contributed by atoms with E-state index >= 15 is 0 Å². The molecule has 0 aliphatic rings. The van der Waals surface area contributed by atoms with Crippen LogP contribution in [0.1, 0.15) is 31.9 Å². The van der Waals surface area contributed by atoms with Gasteiger partial charge in [0.25, 0.3) is 0 Å². The average Bonchev–Trinajstić information content (AvgIpc) is 2.83. The number of ether oxygens (including phenoxy) is 1. The number of anilines is 1. The molecular weight excluding hydrogens is 474 g/mol. The van der Waals surface area contributed by atoms with E-state index in [0.717, 1.165) is 5.56 Å². The summed E-state index contributed by atoms with van der Waals surface area (Å²) in [7, 11) is -2.20. The highest BCUT2D eigenvalue weighted by atomic mass is 32.2. The van der Waals surface area contributed by atoms with Gasteiger partial charge in [0.1, 0.15) is 0 Å². The molecule has 7 nitrogen and oxygen atoms in total. The summed E-state index contributed by atoms with van der Waals surface area (Å²) < 4.78 is 33.9. The summed E-state index contributed by atoms with van der Waals surface area (Å²) in [6.07, 6.45) is 1.44. The van der Waals surface area contributed by atoms with Crippen LogP contribution in [0.3, 0.4) is 0 Å². The summed E-state index contributed by atoms with van der Waals surface area (Å²) >= 11 is 0. The zero-order valence-corrected chi connectivity index (χ0v) is 21.5. The first-order valence-corrected chi connectivity index (χ1v) is 12.8. The predicted molar refractivity (Wildman–Crippen MR) is 142 cm³/mol. The zero-order valence-electron chi connectivity index (χ0n) is 20.7. The Morgan fingerprint density at radius 1 is 1.03 bits per heavy atom. The van der Waals surface area contributed by atoms with E-state index < -0.39 is 15.6 Å². The van der Waals surface area contributed by atoms with E-state index in [0.29, 0.717) is 28.0 Å². The monoisotopic (exact) mass is 503 g/mol. The third-order valence-corrected chi connectivity index (χ3v) is 6.86. The Kier molecular flexibility index (Phi) is 8.43. The Hall–Kier alpha value is -3.77. The maximum Gasteiger partial charge on any atom is 0.248 e. The van der Waals surface area contributed by atoms with Gasteiger partial charge >= 0.3 is 0 Å². The lowest BCUT2D eigenvalue weighted by Gasteiger charge is -2.21. The molecule has 0 bridgehead atoms. The molecule has 0 saturated heterocycles.